The van der Waals surface area contributed by atoms with Crippen molar-refractivity contribution < 1.29 is 15.1 Å². The van der Waals surface area contributed by atoms with Gasteiger partial charge in [0.1, 0.15) is 6.10 Å². The number of nitrogen functional groups attached to an aromatic ring is 1. The molecule has 0 aliphatic rings. The van der Waals surface area contributed by atoms with Crippen LogP contribution < -0.4 is 5.73 Å². The molecule has 0 heterocycles. The van der Waals surface area contributed by atoms with Gasteiger partial charge in [0.2, 0.25) is 0 Å². The predicted molar refractivity (Wildman–Crippen MR) is 62.3 cm³/mol. The fourth-order valence-electron chi connectivity index (χ4n) is 1.24. The van der Waals surface area contributed by atoms with Gasteiger partial charge >= 0.3 is 0 Å². The summed E-state index contributed by atoms with van der Waals surface area (Å²) >= 11 is 3.02. The summed E-state index contributed by atoms with van der Waals surface area (Å²) < 4.78 is 0. The number of halogens is 1. The Labute approximate surface area is 100.0 Å². The minimum Gasteiger partial charge on any atom is -0.398 e. The molecule has 7 heteroatoms. The number of nitrogens with zero attached hydrogens (tertiary/aromatic N) is 1. The van der Waals surface area contributed by atoms with Crippen LogP contribution in [0, 0.1) is 10.1 Å². The highest BCUT2D eigenvalue weighted by atomic mass is 79.9. The van der Waals surface area contributed by atoms with Crippen molar-refractivity contribution in [3.63, 3.8) is 0 Å². The molecule has 0 fully saturated rings. The van der Waals surface area contributed by atoms with Gasteiger partial charge in [-0.3, -0.25) is 10.1 Å². The second-order valence-corrected chi connectivity index (χ2v) is 3.88. The Kier molecular flexibility index (Phi) is 4.22. The smallest absolute Gasteiger partial charge is 0.271 e. The Morgan fingerprint density at radius 2 is 2.12 bits per heavy atom. The first kappa shape index (κ1) is 12.9. The molecule has 4 N–H and O–H groups in total. The van der Waals surface area contributed by atoms with Gasteiger partial charge in [-0.05, 0) is 6.07 Å². The number of nitro benzene ring substituents is 1. The van der Waals surface area contributed by atoms with Crippen LogP contribution in [-0.2, 0) is 0 Å². The van der Waals surface area contributed by atoms with E-state index in [2.05, 4.69) is 15.9 Å². The Hall–Kier alpha value is -1.18. The molecular formula is C9H11BrN2O4. The summed E-state index contributed by atoms with van der Waals surface area (Å²) in [6, 6.07) is 3.72. The fourth-order valence-corrected chi connectivity index (χ4v) is 1.59. The number of nitro groups is 1. The fraction of sp³-hybridized carbons (Fsp3) is 0.333. The highest BCUT2D eigenvalue weighted by Gasteiger charge is 2.20. The summed E-state index contributed by atoms with van der Waals surface area (Å²) in [6.07, 6.45) is -2.18. The average molecular weight is 291 g/mol. The second-order valence-electron chi connectivity index (χ2n) is 3.24. The molecule has 0 radical (unpaired) electrons. The minimum absolute atomic E-state index is 0.0849. The van der Waals surface area contributed by atoms with Crippen LogP contribution in [0.25, 0.3) is 0 Å². The molecule has 2 unspecified atom stereocenters. The van der Waals surface area contributed by atoms with Crippen LogP contribution >= 0.6 is 15.9 Å². The summed E-state index contributed by atoms with van der Waals surface area (Å²) in [4.78, 5) is 9.88. The Morgan fingerprint density at radius 1 is 1.50 bits per heavy atom. The van der Waals surface area contributed by atoms with Gasteiger partial charge in [0, 0.05) is 28.7 Å². The van der Waals surface area contributed by atoms with E-state index in [1.807, 2.05) is 0 Å². The number of aliphatic hydroxyl groups is 2. The molecule has 0 spiro atoms. The van der Waals surface area contributed by atoms with Crippen molar-refractivity contribution in [3.05, 3.63) is 33.9 Å². The standard InChI is InChI=1S/C9H11BrN2O4/c10-4-8(13)9(14)6-2-1-5(12(15)16)3-7(6)11/h1-3,8-9,13-14H,4,11H2. The lowest BCUT2D eigenvalue weighted by Gasteiger charge is -2.17. The van der Waals surface area contributed by atoms with E-state index in [9.17, 15) is 20.3 Å². The number of nitrogens with two attached hydrogens (primary N) is 1. The maximum Gasteiger partial charge on any atom is 0.271 e. The SMILES string of the molecule is Nc1cc([N+](=O)[O-])ccc1C(O)C(O)CBr. The van der Waals surface area contributed by atoms with Gasteiger partial charge in [-0.1, -0.05) is 15.9 Å². The molecule has 0 saturated heterocycles. The van der Waals surface area contributed by atoms with Crippen LogP contribution in [0.2, 0.25) is 0 Å². The number of non-ortho nitro benzene ring substituents is 1. The maximum atomic E-state index is 10.5. The summed E-state index contributed by atoms with van der Waals surface area (Å²) in [5.74, 6) is 0. The third-order valence-electron chi connectivity index (χ3n) is 2.12. The highest BCUT2D eigenvalue weighted by Crippen LogP contribution is 2.27. The minimum atomic E-state index is -1.17. The molecule has 0 aliphatic carbocycles. The normalized spacial score (nSPS) is 14.4. The molecule has 6 nitrogen and oxygen atoms in total. The van der Waals surface area contributed by atoms with E-state index in [1.165, 1.54) is 12.1 Å². The zero-order chi connectivity index (χ0) is 12.3. The third-order valence-corrected chi connectivity index (χ3v) is 2.79. The van der Waals surface area contributed by atoms with Gasteiger partial charge in [-0.2, -0.15) is 0 Å². The first-order valence-electron chi connectivity index (χ1n) is 4.43. The van der Waals surface area contributed by atoms with E-state index in [0.29, 0.717) is 0 Å². The zero-order valence-electron chi connectivity index (χ0n) is 8.21. The highest BCUT2D eigenvalue weighted by molar-refractivity contribution is 9.09. The molecule has 1 aromatic rings. The molecular weight excluding hydrogens is 280 g/mol. The lowest BCUT2D eigenvalue weighted by Crippen LogP contribution is -2.20. The first-order chi connectivity index (χ1) is 7.47. The quantitative estimate of drug-likeness (QED) is 0.331. The average Bonchev–Trinajstić information content (AvgIpc) is 2.26. The maximum absolute atomic E-state index is 10.5. The number of hydrogen-bond acceptors (Lipinski definition) is 5. The Morgan fingerprint density at radius 3 is 2.56 bits per heavy atom. The lowest BCUT2D eigenvalue weighted by molar-refractivity contribution is -0.384. The van der Waals surface area contributed by atoms with Gasteiger partial charge in [0.25, 0.3) is 5.69 Å². The van der Waals surface area contributed by atoms with Crippen molar-refractivity contribution in [1.29, 1.82) is 0 Å². The van der Waals surface area contributed by atoms with Gasteiger partial charge in [-0.15, -0.1) is 0 Å². The molecule has 16 heavy (non-hydrogen) atoms. The van der Waals surface area contributed by atoms with Crippen molar-refractivity contribution in [3.8, 4) is 0 Å². The second kappa shape index (κ2) is 5.24. The number of alkyl halides is 1. The molecule has 0 saturated carbocycles. The van der Waals surface area contributed by atoms with Crippen LogP contribution in [-0.4, -0.2) is 26.6 Å². The third kappa shape index (κ3) is 2.69. The summed E-state index contributed by atoms with van der Waals surface area (Å²) in [5.41, 5.74) is 5.77. The lowest BCUT2D eigenvalue weighted by atomic mass is 10.0. The molecule has 0 aliphatic heterocycles. The van der Waals surface area contributed by atoms with Gasteiger partial charge in [0.15, 0.2) is 0 Å². The monoisotopic (exact) mass is 290 g/mol. The summed E-state index contributed by atoms with van der Waals surface area (Å²) in [7, 11) is 0. The number of benzene rings is 1. The molecule has 0 bridgehead atoms. The zero-order valence-corrected chi connectivity index (χ0v) is 9.79. The van der Waals surface area contributed by atoms with Crippen molar-refractivity contribution in [1.82, 2.24) is 0 Å². The van der Waals surface area contributed by atoms with E-state index in [-0.39, 0.29) is 22.3 Å². The van der Waals surface area contributed by atoms with Crippen molar-refractivity contribution >= 4 is 27.3 Å². The Balaban J connectivity index is 3.03. The molecule has 0 amide bonds. The van der Waals surface area contributed by atoms with Crippen LogP contribution in [0.5, 0.6) is 0 Å². The first-order valence-corrected chi connectivity index (χ1v) is 5.55. The topological polar surface area (TPSA) is 110 Å². The van der Waals surface area contributed by atoms with Gasteiger partial charge in [-0.25, -0.2) is 0 Å². The van der Waals surface area contributed by atoms with E-state index in [0.717, 1.165) is 6.07 Å². The Bertz CT molecular complexity index is 399. The molecule has 0 aromatic heterocycles. The van der Waals surface area contributed by atoms with Crippen LogP contribution in [0.15, 0.2) is 18.2 Å². The van der Waals surface area contributed by atoms with Crippen molar-refractivity contribution in [2.45, 2.75) is 12.2 Å². The van der Waals surface area contributed by atoms with E-state index in [1.54, 1.807) is 0 Å². The number of anilines is 1. The van der Waals surface area contributed by atoms with Crippen LogP contribution in [0.1, 0.15) is 11.7 Å². The molecule has 2 atom stereocenters. The largest absolute Gasteiger partial charge is 0.398 e. The van der Waals surface area contributed by atoms with Crippen molar-refractivity contribution in [2.24, 2.45) is 0 Å². The number of aliphatic hydroxyl groups excluding tert-OH is 2. The van der Waals surface area contributed by atoms with Gasteiger partial charge < -0.3 is 15.9 Å². The number of hydrogen-bond donors (Lipinski definition) is 3. The summed E-state index contributed by atoms with van der Waals surface area (Å²) in [5, 5.41) is 29.7. The summed E-state index contributed by atoms with van der Waals surface area (Å²) in [6.45, 7) is 0. The van der Waals surface area contributed by atoms with Crippen LogP contribution in [0.3, 0.4) is 0 Å². The van der Waals surface area contributed by atoms with Crippen LogP contribution in [0.4, 0.5) is 11.4 Å². The van der Waals surface area contributed by atoms with E-state index >= 15 is 0 Å². The van der Waals surface area contributed by atoms with E-state index < -0.39 is 17.1 Å². The predicted octanol–water partition coefficient (Wildman–Crippen LogP) is 0.966. The van der Waals surface area contributed by atoms with Crippen molar-refractivity contribution in [2.75, 3.05) is 11.1 Å². The molecule has 88 valence electrons. The van der Waals surface area contributed by atoms with E-state index in [4.69, 9.17) is 5.73 Å². The van der Waals surface area contributed by atoms with Gasteiger partial charge in [0.05, 0.1) is 11.0 Å². The number of rotatable bonds is 4. The molecule has 1 rings (SSSR count). The molecule has 1 aromatic carbocycles.